The minimum Gasteiger partial charge on any atom is -0.493 e. The van der Waals surface area contributed by atoms with Crippen LogP contribution in [0.3, 0.4) is 0 Å². The number of halogens is 2. The first-order valence-corrected chi connectivity index (χ1v) is 12.8. The zero-order valence-corrected chi connectivity index (χ0v) is 19.2. The summed E-state index contributed by atoms with van der Waals surface area (Å²) in [6.45, 7) is 0.620. The number of benzene rings is 2. The highest BCUT2D eigenvalue weighted by Crippen LogP contribution is 2.47. The molecule has 1 saturated heterocycles. The van der Waals surface area contributed by atoms with Crippen molar-refractivity contribution in [1.82, 2.24) is 14.3 Å². The van der Waals surface area contributed by atoms with Gasteiger partial charge in [-0.15, -0.1) is 0 Å². The molecule has 0 amide bonds. The van der Waals surface area contributed by atoms with Crippen molar-refractivity contribution in [3.63, 3.8) is 0 Å². The molecule has 0 saturated carbocycles. The monoisotopic (exact) mass is 492 g/mol. The lowest BCUT2D eigenvalue weighted by molar-refractivity contribution is -0.0931. The normalized spacial score (nSPS) is 22.8. The molecule has 3 heterocycles. The molecule has 0 bridgehead atoms. The van der Waals surface area contributed by atoms with Crippen molar-refractivity contribution in [2.75, 3.05) is 17.9 Å². The fourth-order valence-corrected chi connectivity index (χ4v) is 6.24. The van der Waals surface area contributed by atoms with Crippen LogP contribution in [0.15, 0.2) is 59.8 Å². The Morgan fingerprint density at radius 2 is 1.97 bits per heavy atom. The van der Waals surface area contributed by atoms with E-state index >= 15 is 0 Å². The Balaban J connectivity index is 1.46. The summed E-state index contributed by atoms with van der Waals surface area (Å²) in [5.74, 6) is -2.27. The number of sulfonamides is 1. The second-order valence-corrected chi connectivity index (χ2v) is 10.6. The molecule has 174 valence electrons. The van der Waals surface area contributed by atoms with Crippen LogP contribution in [-0.4, -0.2) is 41.7 Å². The molecule has 0 spiro atoms. The van der Waals surface area contributed by atoms with Crippen molar-refractivity contribution in [1.29, 1.82) is 0 Å². The summed E-state index contributed by atoms with van der Waals surface area (Å²) in [5.41, 5.74) is 1.66. The fourth-order valence-electron chi connectivity index (χ4n) is 4.56. The van der Waals surface area contributed by atoms with E-state index < -0.39 is 22.0 Å². The van der Waals surface area contributed by atoms with E-state index in [2.05, 4.69) is 19.0 Å². The highest BCUT2D eigenvalue weighted by molar-refractivity contribution is 7.93. The maximum Gasteiger partial charge on any atom is 0.263 e. The molecule has 1 fully saturated rings. The molecule has 11 heteroatoms. The van der Waals surface area contributed by atoms with E-state index in [1.807, 2.05) is 30.3 Å². The Morgan fingerprint density at radius 1 is 1.15 bits per heavy atom. The van der Waals surface area contributed by atoms with Gasteiger partial charge >= 0.3 is 0 Å². The number of likely N-dealkylation sites (tertiary alicyclic amines) is 1. The Bertz CT molecular complexity index is 1220. The molecule has 2 unspecified atom stereocenters. The zero-order valence-electron chi connectivity index (χ0n) is 17.5. The van der Waals surface area contributed by atoms with Gasteiger partial charge in [0.2, 0.25) is 5.13 Å². The molecule has 0 radical (unpaired) electrons. The summed E-state index contributed by atoms with van der Waals surface area (Å²) in [6.07, 6.45) is 1.45. The van der Waals surface area contributed by atoms with E-state index in [1.165, 1.54) is 18.5 Å². The molecule has 1 N–H and O–H groups in total. The molecule has 2 aliphatic heterocycles. The summed E-state index contributed by atoms with van der Waals surface area (Å²) in [6, 6.07) is 13.5. The number of ether oxygens (including phenoxy) is 1. The number of nitrogens with one attached hydrogen (secondary N) is 1. The number of piperidine rings is 1. The first kappa shape index (κ1) is 22.2. The molecule has 2 aliphatic rings. The van der Waals surface area contributed by atoms with Crippen LogP contribution >= 0.6 is 11.5 Å². The predicted molar refractivity (Wildman–Crippen MR) is 120 cm³/mol. The molecule has 2 aromatic carbocycles. The summed E-state index contributed by atoms with van der Waals surface area (Å²) in [4.78, 5) is 6.01. The molecule has 5 rings (SSSR count). The van der Waals surface area contributed by atoms with Gasteiger partial charge in [0.1, 0.15) is 12.1 Å². The fraction of sp³-hybridized carbons (Fsp3) is 0.364. The quantitative estimate of drug-likeness (QED) is 0.559. The van der Waals surface area contributed by atoms with Crippen LogP contribution in [-0.2, 0) is 10.0 Å². The molecule has 7 nitrogen and oxygen atoms in total. The smallest absolute Gasteiger partial charge is 0.263 e. The topological polar surface area (TPSA) is 84.4 Å². The van der Waals surface area contributed by atoms with Crippen molar-refractivity contribution >= 4 is 26.7 Å². The van der Waals surface area contributed by atoms with E-state index in [1.54, 1.807) is 6.07 Å². The van der Waals surface area contributed by atoms with Gasteiger partial charge < -0.3 is 4.74 Å². The van der Waals surface area contributed by atoms with Crippen molar-refractivity contribution in [3.05, 3.63) is 66.0 Å². The number of alkyl halides is 2. The number of fused-ring (bicyclic) bond motifs is 1. The third-order valence-electron chi connectivity index (χ3n) is 6.10. The summed E-state index contributed by atoms with van der Waals surface area (Å²) >= 11 is 0.940. The standard InChI is InChI=1S/C22H22F2N4O3S2/c23-22(24)9-10-28(19(13-22)15-4-2-1-3-5-15)18-8-11-31-20-12-16(6-7-17(18)20)33(29,30)27-21-25-14-26-32-21/h1-7,12,14,18-19H,8-11,13H2,(H,25,26,27). The van der Waals surface area contributed by atoms with Gasteiger partial charge in [-0.1, -0.05) is 36.4 Å². The van der Waals surface area contributed by atoms with E-state index in [-0.39, 0.29) is 35.5 Å². The molecule has 3 aromatic rings. The van der Waals surface area contributed by atoms with Gasteiger partial charge in [-0.2, -0.15) is 4.37 Å². The van der Waals surface area contributed by atoms with Crippen LogP contribution in [0.2, 0.25) is 0 Å². The SMILES string of the molecule is O=S(=O)(Nc1ncns1)c1ccc2c(c1)OCCC2N1CCC(F)(F)CC1c1ccccc1. The van der Waals surface area contributed by atoms with E-state index in [0.717, 1.165) is 22.7 Å². The molecule has 1 aromatic heterocycles. The molecule has 2 atom stereocenters. The first-order chi connectivity index (χ1) is 15.8. The van der Waals surface area contributed by atoms with Gasteiger partial charge in [0.05, 0.1) is 11.5 Å². The number of rotatable bonds is 5. The van der Waals surface area contributed by atoms with Crippen LogP contribution in [0.5, 0.6) is 5.75 Å². The average molecular weight is 493 g/mol. The number of hydrogen-bond donors (Lipinski definition) is 1. The Morgan fingerprint density at radius 3 is 2.73 bits per heavy atom. The Hall–Kier alpha value is -2.63. The van der Waals surface area contributed by atoms with Crippen LogP contribution in [0.4, 0.5) is 13.9 Å². The van der Waals surface area contributed by atoms with Crippen molar-refractivity contribution in [2.45, 2.75) is 42.2 Å². The predicted octanol–water partition coefficient (Wildman–Crippen LogP) is 4.63. The van der Waals surface area contributed by atoms with Crippen molar-refractivity contribution in [3.8, 4) is 5.75 Å². The number of aromatic nitrogens is 2. The summed E-state index contributed by atoms with van der Waals surface area (Å²) < 4.78 is 66.3. The summed E-state index contributed by atoms with van der Waals surface area (Å²) in [5, 5.41) is 0.173. The second-order valence-electron chi connectivity index (χ2n) is 8.18. The minimum absolute atomic E-state index is 0.0434. The van der Waals surface area contributed by atoms with Crippen molar-refractivity contribution < 1.29 is 21.9 Å². The van der Waals surface area contributed by atoms with Gasteiger partial charge in [0.25, 0.3) is 15.9 Å². The lowest BCUT2D eigenvalue weighted by Crippen LogP contribution is -2.44. The number of nitrogens with zero attached hydrogens (tertiary/aromatic N) is 3. The van der Waals surface area contributed by atoms with Crippen LogP contribution in [0, 0.1) is 0 Å². The third kappa shape index (κ3) is 4.57. The second kappa shape index (κ2) is 8.62. The highest BCUT2D eigenvalue weighted by atomic mass is 32.2. The average Bonchev–Trinajstić information content (AvgIpc) is 3.31. The first-order valence-electron chi connectivity index (χ1n) is 10.6. The molecular formula is C22H22F2N4O3S2. The highest BCUT2D eigenvalue weighted by Gasteiger charge is 2.44. The van der Waals surface area contributed by atoms with Crippen LogP contribution in [0.1, 0.15) is 42.5 Å². The maximum atomic E-state index is 14.4. The third-order valence-corrected chi connectivity index (χ3v) is 8.14. The number of hydrogen-bond acceptors (Lipinski definition) is 7. The minimum atomic E-state index is -3.86. The van der Waals surface area contributed by atoms with E-state index in [0.29, 0.717) is 18.8 Å². The Kier molecular flexibility index (Phi) is 5.79. The van der Waals surface area contributed by atoms with Crippen molar-refractivity contribution in [2.24, 2.45) is 0 Å². The lowest BCUT2D eigenvalue weighted by Gasteiger charge is -2.45. The van der Waals surface area contributed by atoms with Gasteiger partial charge in [-0.3, -0.25) is 9.62 Å². The summed E-state index contributed by atoms with van der Waals surface area (Å²) in [7, 11) is -3.86. The lowest BCUT2D eigenvalue weighted by atomic mass is 9.88. The molecular weight excluding hydrogens is 470 g/mol. The molecule has 0 aliphatic carbocycles. The van der Waals surface area contributed by atoms with Gasteiger partial charge in [0.15, 0.2) is 0 Å². The van der Waals surface area contributed by atoms with Gasteiger partial charge in [0, 0.05) is 61.1 Å². The largest absolute Gasteiger partial charge is 0.493 e. The van der Waals surface area contributed by atoms with E-state index in [9.17, 15) is 17.2 Å². The van der Waals surface area contributed by atoms with E-state index in [4.69, 9.17) is 4.74 Å². The molecule has 33 heavy (non-hydrogen) atoms. The van der Waals surface area contributed by atoms with Gasteiger partial charge in [-0.05, 0) is 11.6 Å². The van der Waals surface area contributed by atoms with Crippen LogP contribution < -0.4 is 9.46 Å². The maximum absolute atomic E-state index is 14.4. The number of anilines is 1. The van der Waals surface area contributed by atoms with Gasteiger partial charge in [-0.25, -0.2) is 22.2 Å². The zero-order chi connectivity index (χ0) is 23.1. The Labute approximate surface area is 194 Å². The van der Waals surface area contributed by atoms with Crippen LogP contribution in [0.25, 0.3) is 0 Å².